The number of sulfonamides is 1. The lowest BCUT2D eigenvalue weighted by Crippen LogP contribution is -2.53. The van der Waals surface area contributed by atoms with E-state index >= 15 is 0 Å². The molecule has 40 heavy (non-hydrogen) atoms. The number of likely N-dealkylation sites (tertiary alicyclic amines) is 1. The van der Waals surface area contributed by atoms with Gasteiger partial charge in [0.15, 0.2) is 0 Å². The third-order valence-corrected chi connectivity index (χ3v) is 7.45. The minimum atomic E-state index is -5.08. The lowest BCUT2D eigenvalue weighted by molar-refractivity contribution is -0.193. The molecule has 0 aromatic carbocycles. The molecule has 1 spiro atoms. The molecule has 0 amide bonds. The molecule has 11 nitrogen and oxygen atoms in total. The number of fused-ring (bicyclic) bond motifs is 1. The molecule has 18 heteroatoms. The zero-order valence-electron chi connectivity index (χ0n) is 20.7. The van der Waals surface area contributed by atoms with E-state index in [0.717, 1.165) is 32.5 Å². The SMILES string of the molecule is CN1CC2(CCN(Cc3cccnc3)CC2)Oc2ncccc2S1(=O)=O.O=C(O)C(F)(F)F.O=C(O)C(F)(F)F. The van der Waals surface area contributed by atoms with Crippen molar-refractivity contribution < 1.29 is 59.3 Å². The van der Waals surface area contributed by atoms with Gasteiger partial charge in [-0.15, -0.1) is 0 Å². The quantitative estimate of drug-likeness (QED) is 0.492. The van der Waals surface area contributed by atoms with Crippen molar-refractivity contribution in [3.05, 3.63) is 48.4 Å². The van der Waals surface area contributed by atoms with Gasteiger partial charge >= 0.3 is 24.3 Å². The fourth-order valence-electron chi connectivity index (χ4n) is 3.67. The van der Waals surface area contributed by atoms with Crippen molar-refractivity contribution in [3.63, 3.8) is 0 Å². The fraction of sp³-hybridized carbons (Fsp3) is 0.455. The number of rotatable bonds is 2. The van der Waals surface area contributed by atoms with Crippen LogP contribution in [0.3, 0.4) is 0 Å². The molecule has 0 atom stereocenters. The van der Waals surface area contributed by atoms with E-state index in [-0.39, 0.29) is 10.8 Å². The molecule has 2 N–H and O–H groups in total. The van der Waals surface area contributed by atoms with Crippen molar-refractivity contribution in [1.29, 1.82) is 0 Å². The van der Waals surface area contributed by atoms with E-state index in [0.29, 0.717) is 6.54 Å². The van der Waals surface area contributed by atoms with Crippen LogP contribution < -0.4 is 4.74 Å². The molecule has 0 unspecified atom stereocenters. The topological polar surface area (TPSA) is 150 Å². The molecule has 222 valence electrons. The van der Waals surface area contributed by atoms with Crippen LogP contribution >= 0.6 is 0 Å². The highest BCUT2D eigenvalue weighted by molar-refractivity contribution is 7.89. The molecule has 4 heterocycles. The Kier molecular flexibility index (Phi) is 10.4. The highest BCUT2D eigenvalue weighted by atomic mass is 32.2. The van der Waals surface area contributed by atoms with Crippen molar-refractivity contribution in [2.45, 2.75) is 42.2 Å². The van der Waals surface area contributed by atoms with Crippen LogP contribution in [0, 0.1) is 0 Å². The number of carboxylic acids is 2. The van der Waals surface area contributed by atoms with E-state index in [1.54, 1.807) is 31.6 Å². The van der Waals surface area contributed by atoms with Gasteiger partial charge < -0.3 is 14.9 Å². The second-order valence-corrected chi connectivity index (χ2v) is 10.6. The maximum atomic E-state index is 12.7. The monoisotopic (exact) mass is 602 g/mol. The Hall–Kier alpha value is -3.51. The summed E-state index contributed by atoms with van der Waals surface area (Å²) in [4.78, 5) is 28.7. The molecule has 0 radical (unpaired) electrons. The number of likely N-dealkylation sites (N-methyl/N-ethyl adjacent to an activating group) is 1. The van der Waals surface area contributed by atoms with Gasteiger partial charge in [-0.3, -0.25) is 9.88 Å². The lowest BCUT2D eigenvalue weighted by atomic mass is 9.90. The van der Waals surface area contributed by atoms with Gasteiger partial charge in [-0.2, -0.15) is 30.6 Å². The van der Waals surface area contributed by atoms with Crippen molar-refractivity contribution >= 4 is 22.0 Å². The first-order valence-corrected chi connectivity index (χ1v) is 12.6. The third-order valence-electron chi connectivity index (χ3n) is 5.63. The number of ether oxygens (including phenoxy) is 1. The second-order valence-electron chi connectivity index (χ2n) is 8.60. The number of aromatic nitrogens is 2. The number of alkyl halides is 6. The number of carbonyl (C=O) groups is 2. The zero-order valence-corrected chi connectivity index (χ0v) is 21.5. The number of nitrogens with zero attached hydrogens (tertiary/aromatic N) is 4. The maximum Gasteiger partial charge on any atom is 0.490 e. The summed E-state index contributed by atoms with van der Waals surface area (Å²) in [5.74, 6) is -5.29. The Labute approximate surface area is 224 Å². The van der Waals surface area contributed by atoms with E-state index < -0.39 is 39.9 Å². The van der Waals surface area contributed by atoms with Gasteiger partial charge in [0.05, 0.1) is 6.54 Å². The van der Waals surface area contributed by atoms with E-state index in [4.69, 9.17) is 24.5 Å². The van der Waals surface area contributed by atoms with Crippen LogP contribution in [0.15, 0.2) is 47.8 Å². The summed E-state index contributed by atoms with van der Waals surface area (Å²) in [6, 6.07) is 7.20. The highest BCUT2D eigenvalue weighted by Crippen LogP contribution is 2.37. The summed E-state index contributed by atoms with van der Waals surface area (Å²) in [6.07, 6.45) is -3.43. The molecule has 0 bridgehead atoms. The van der Waals surface area contributed by atoms with Crippen LogP contribution in [0.2, 0.25) is 0 Å². The zero-order chi connectivity index (χ0) is 30.4. The predicted molar refractivity (Wildman–Crippen MR) is 124 cm³/mol. The van der Waals surface area contributed by atoms with Gasteiger partial charge in [0.1, 0.15) is 10.5 Å². The van der Waals surface area contributed by atoms with Crippen LogP contribution in [-0.2, 0) is 26.2 Å². The summed E-state index contributed by atoms with van der Waals surface area (Å²) in [6.45, 7) is 2.86. The van der Waals surface area contributed by atoms with E-state index in [9.17, 15) is 34.8 Å². The van der Waals surface area contributed by atoms with Crippen molar-refractivity contribution in [3.8, 4) is 5.88 Å². The normalized spacial score (nSPS) is 18.5. The number of piperidine rings is 1. The Morgan fingerprint density at radius 2 is 1.52 bits per heavy atom. The minimum absolute atomic E-state index is 0.150. The molecule has 2 aliphatic heterocycles. The molecular formula is C22H24F6N4O7S. The van der Waals surface area contributed by atoms with Crippen molar-refractivity contribution in [1.82, 2.24) is 19.2 Å². The van der Waals surface area contributed by atoms with Gasteiger partial charge in [0, 0.05) is 58.1 Å². The summed E-state index contributed by atoms with van der Waals surface area (Å²) in [5.41, 5.74) is 0.643. The summed E-state index contributed by atoms with van der Waals surface area (Å²) >= 11 is 0. The average Bonchev–Trinajstić information content (AvgIpc) is 2.93. The Balaban J connectivity index is 0.000000333. The van der Waals surface area contributed by atoms with Crippen molar-refractivity contribution in [2.75, 3.05) is 26.7 Å². The molecule has 0 saturated carbocycles. The van der Waals surface area contributed by atoms with Gasteiger partial charge in [-0.05, 0) is 23.8 Å². The summed E-state index contributed by atoms with van der Waals surface area (Å²) < 4.78 is 96.6. The van der Waals surface area contributed by atoms with Gasteiger partial charge in [0.2, 0.25) is 15.9 Å². The first-order chi connectivity index (χ1) is 18.4. The number of aliphatic carboxylic acids is 2. The largest absolute Gasteiger partial charge is 0.490 e. The van der Waals surface area contributed by atoms with Gasteiger partial charge in [-0.1, -0.05) is 6.07 Å². The minimum Gasteiger partial charge on any atom is -0.475 e. The maximum absolute atomic E-state index is 12.7. The van der Waals surface area contributed by atoms with Crippen LogP contribution in [0.5, 0.6) is 5.88 Å². The first kappa shape index (κ1) is 32.7. The van der Waals surface area contributed by atoms with E-state index in [2.05, 4.69) is 20.9 Å². The predicted octanol–water partition coefficient (Wildman–Crippen LogP) is 2.79. The fourth-order valence-corrected chi connectivity index (χ4v) is 4.98. The summed E-state index contributed by atoms with van der Waals surface area (Å²) in [7, 11) is -1.96. The van der Waals surface area contributed by atoms with Crippen LogP contribution in [0.4, 0.5) is 26.3 Å². The number of carboxylic acid groups (broad SMARTS) is 2. The summed E-state index contributed by atoms with van der Waals surface area (Å²) in [5, 5.41) is 14.2. The molecule has 2 aromatic heterocycles. The first-order valence-electron chi connectivity index (χ1n) is 11.2. The van der Waals surface area contributed by atoms with Crippen LogP contribution in [-0.4, -0.2) is 94.4 Å². The Morgan fingerprint density at radius 1 is 1.00 bits per heavy atom. The Morgan fingerprint density at radius 3 is 2.00 bits per heavy atom. The van der Waals surface area contributed by atoms with Crippen molar-refractivity contribution in [2.24, 2.45) is 0 Å². The molecule has 1 saturated heterocycles. The number of hydrogen-bond donors (Lipinski definition) is 2. The third kappa shape index (κ3) is 9.02. The van der Waals surface area contributed by atoms with E-state index in [1.807, 2.05) is 12.3 Å². The molecule has 1 fully saturated rings. The average molecular weight is 603 g/mol. The number of pyridine rings is 2. The van der Waals surface area contributed by atoms with Crippen LogP contribution in [0.1, 0.15) is 18.4 Å². The standard InChI is InChI=1S/C18H22N4O3S.2C2HF3O2/c1-21-14-18(25-17-16(26(21,23)24)5-3-9-20-17)6-10-22(11-7-18)13-15-4-2-8-19-12-15;2*3-2(4,5)1(6)7/h2-5,8-9,12H,6-7,10-11,13-14H2,1H3;2*(H,6,7). The molecule has 2 aliphatic rings. The van der Waals surface area contributed by atoms with Gasteiger partial charge in [0.25, 0.3) is 0 Å². The van der Waals surface area contributed by atoms with E-state index in [1.165, 1.54) is 9.87 Å². The Bertz CT molecular complexity index is 1240. The molecule has 2 aromatic rings. The second kappa shape index (κ2) is 12.8. The smallest absolute Gasteiger partial charge is 0.475 e. The molecule has 4 rings (SSSR count). The highest BCUT2D eigenvalue weighted by Gasteiger charge is 2.45. The number of hydrogen-bond acceptors (Lipinski definition) is 8. The molecule has 0 aliphatic carbocycles. The lowest BCUT2D eigenvalue weighted by Gasteiger charge is -2.41. The van der Waals surface area contributed by atoms with Crippen LogP contribution in [0.25, 0.3) is 0 Å². The van der Waals surface area contributed by atoms with Gasteiger partial charge in [-0.25, -0.2) is 23.0 Å². The molecular weight excluding hydrogens is 578 g/mol. The number of halogens is 6.